The third kappa shape index (κ3) is 7.08. The number of allylic oxidation sites excluding steroid dienone is 1. The van der Waals surface area contributed by atoms with Gasteiger partial charge < -0.3 is 14.8 Å². The van der Waals surface area contributed by atoms with Crippen LogP contribution in [0.4, 0.5) is 18.9 Å². The molecule has 0 saturated carbocycles. The molecule has 3 rings (SSSR count). The number of hydrogen-bond donors (Lipinski definition) is 1. The third-order valence-corrected chi connectivity index (χ3v) is 4.28. The Hall–Kier alpha value is -3.45. The smallest absolute Gasteiger partial charge is 0.488 e. The van der Waals surface area contributed by atoms with E-state index in [0.717, 1.165) is 5.56 Å². The lowest BCUT2D eigenvalue weighted by Gasteiger charge is -2.10. The molecule has 31 heavy (non-hydrogen) atoms. The second-order valence-electron chi connectivity index (χ2n) is 6.33. The largest absolute Gasteiger partial charge is 0.573 e. The molecule has 0 unspecified atom stereocenters. The number of para-hydroxylation sites is 1. The van der Waals surface area contributed by atoms with E-state index in [-0.39, 0.29) is 18.1 Å². The van der Waals surface area contributed by atoms with Crippen molar-refractivity contribution in [3.8, 4) is 11.5 Å². The minimum atomic E-state index is -4.75. The van der Waals surface area contributed by atoms with Crippen LogP contribution in [0.25, 0.3) is 0 Å². The van der Waals surface area contributed by atoms with E-state index in [9.17, 15) is 18.0 Å². The maximum atomic E-state index is 12.6. The number of rotatable bonds is 8. The Labute approximate surface area is 181 Å². The third-order valence-electron chi connectivity index (χ3n) is 4.03. The molecule has 0 amide bonds. The molecule has 0 aliphatic carbocycles. The molecule has 0 aromatic heterocycles. The zero-order valence-electron chi connectivity index (χ0n) is 16.0. The summed E-state index contributed by atoms with van der Waals surface area (Å²) in [6.07, 6.45) is -2.03. The maximum absolute atomic E-state index is 12.6. The lowest BCUT2D eigenvalue weighted by Crippen LogP contribution is -2.16. The molecule has 3 aromatic rings. The van der Waals surface area contributed by atoms with Gasteiger partial charge in [-0.1, -0.05) is 35.9 Å². The summed E-state index contributed by atoms with van der Waals surface area (Å²) in [6, 6.07) is 19.2. The monoisotopic (exact) mass is 447 g/mol. The minimum Gasteiger partial charge on any atom is -0.488 e. The molecule has 0 aliphatic rings. The molecule has 0 aliphatic heterocycles. The van der Waals surface area contributed by atoms with Gasteiger partial charge in [-0.15, -0.1) is 13.2 Å². The topological polar surface area (TPSA) is 47.6 Å². The summed E-state index contributed by atoms with van der Waals surface area (Å²) >= 11 is 5.87. The van der Waals surface area contributed by atoms with E-state index >= 15 is 0 Å². The molecular weight excluding hydrogens is 431 g/mol. The normalized spacial score (nSPS) is 11.4. The highest BCUT2D eigenvalue weighted by Gasteiger charge is 2.30. The number of alkyl halides is 3. The highest BCUT2D eigenvalue weighted by molar-refractivity contribution is 6.30. The predicted molar refractivity (Wildman–Crippen MR) is 112 cm³/mol. The number of carbonyl (C=O) groups excluding carboxylic acids is 1. The Morgan fingerprint density at radius 1 is 0.968 bits per heavy atom. The van der Waals surface area contributed by atoms with Crippen LogP contribution in [0, 0.1) is 0 Å². The van der Waals surface area contributed by atoms with Crippen LogP contribution in [0.3, 0.4) is 0 Å². The zero-order chi connectivity index (χ0) is 22.3. The Kier molecular flexibility index (Phi) is 7.20. The Morgan fingerprint density at radius 2 is 1.65 bits per heavy atom. The molecular formula is C23H17ClF3NO3. The first-order valence-electron chi connectivity index (χ1n) is 9.10. The fourth-order valence-electron chi connectivity index (χ4n) is 2.59. The molecule has 0 fully saturated rings. The average molecular weight is 448 g/mol. The van der Waals surface area contributed by atoms with Crippen LogP contribution in [-0.2, 0) is 6.61 Å². The number of benzene rings is 3. The van der Waals surface area contributed by atoms with Gasteiger partial charge in [0.15, 0.2) is 5.78 Å². The summed E-state index contributed by atoms with van der Waals surface area (Å²) in [7, 11) is 0. The number of nitrogens with one attached hydrogen (secondary N) is 1. The fourth-order valence-corrected chi connectivity index (χ4v) is 2.72. The van der Waals surface area contributed by atoms with Crippen molar-refractivity contribution in [2.24, 2.45) is 0 Å². The van der Waals surface area contributed by atoms with Gasteiger partial charge in [0.05, 0.1) is 5.56 Å². The quantitative estimate of drug-likeness (QED) is 0.311. The number of halogens is 4. The number of anilines is 1. The van der Waals surface area contributed by atoms with Crippen LogP contribution >= 0.6 is 11.6 Å². The van der Waals surface area contributed by atoms with Crippen LogP contribution < -0.4 is 14.8 Å². The van der Waals surface area contributed by atoms with Crippen molar-refractivity contribution in [3.63, 3.8) is 0 Å². The summed E-state index contributed by atoms with van der Waals surface area (Å²) in [4.78, 5) is 12.6. The second-order valence-corrected chi connectivity index (χ2v) is 6.76. The second kappa shape index (κ2) is 10.0. The van der Waals surface area contributed by atoms with E-state index in [4.69, 9.17) is 16.3 Å². The van der Waals surface area contributed by atoms with E-state index in [1.54, 1.807) is 36.4 Å². The summed E-state index contributed by atoms with van der Waals surface area (Å²) in [5.74, 6) is -0.193. The van der Waals surface area contributed by atoms with E-state index in [1.165, 1.54) is 36.5 Å². The summed E-state index contributed by atoms with van der Waals surface area (Å²) in [6.45, 7) is 0.274. The Balaban J connectivity index is 1.60. The Morgan fingerprint density at radius 3 is 2.32 bits per heavy atom. The van der Waals surface area contributed by atoms with Crippen molar-refractivity contribution >= 4 is 23.1 Å². The molecule has 4 nitrogen and oxygen atoms in total. The number of hydrogen-bond acceptors (Lipinski definition) is 4. The lowest BCUT2D eigenvalue weighted by atomic mass is 10.1. The minimum absolute atomic E-state index is 0.274. The van der Waals surface area contributed by atoms with E-state index < -0.39 is 6.36 Å². The van der Waals surface area contributed by atoms with Gasteiger partial charge in [0.2, 0.25) is 0 Å². The number of carbonyl (C=O) groups is 1. The van der Waals surface area contributed by atoms with Crippen molar-refractivity contribution in [1.82, 2.24) is 0 Å². The Bertz CT molecular complexity index is 1050. The van der Waals surface area contributed by atoms with Crippen molar-refractivity contribution in [2.45, 2.75) is 13.0 Å². The van der Waals surface area contributed by atoms with Gasteiger partial charge >= 0.3 is 6.36 Å². The van der Waals surface area contributed by atoms with Crippen molar-refractivity contribution in [3.05, 3.63) is 101 Å². The summed E-state index contributed by atoms with van der Waals surface area (Å²) in [5, 5.41) is 3.45. The molecule has 3 aromatic carbocycles. The molecule has 0 atom stereocenters. The van der Waals surface area contributed by atoms with Crippen LogP contribution in [0.2, 0.25) is 5.02 Å². The van der Waals surface area contributed by atoms with Crippen LogP contribution in [0.5, 0.6) is 11.5 Å². The predicted octanol–water partition coefficient (Wildman–Crippen LogP) is 6.63. The molecule has 0 bridgehead atoms. The first-order chi connectivity index (χ1) is 14.8. The SMILES string of the molecule is O=C(C=CNc1ccc(OC(F)(F)F)cc1)c1ccccc1OCc1ccc(Cl)cc1. The molecule has 0 saturated heterocycles. The molecule has 0 radical (unpaired) electrons. The molecule has 160 valence electrons. The summed E-state index contributed by atoms with van der Waals surface area (Å²) in [5.41, 5.74) is 1.77. The van der Waals surface area contributed by atoms with Gasteiger partial charge in [0.1, 0.15) is 18.1 Å². The van der Waals surface area contributed by atoms with Crippen LogP contribution in [-0.4, -0.2) is 12.1 Å². The van der Waals surface area contributed by atoms with Crippen molar-refractivity contribution in [1.29, 1.82) is 0 Å². The molecule has 0 spiro atoms. The zero-order valence-corrected chi connectivity index (χ0v) is 16.8. The van der Waals surface area contributed by atoms with Crippen LogP contribution in [0.15, 0.2) is 85.1 Å². The first-order valence-corrected chi connectivity index (χ1v) is 9.47. The maximum Gasteiger partial charge on any atom is 0.573 e. The van der Waals surface area contributed by atoms with Crippen molar-refractivity contribution < 1.29 is 27.4 Å². The number of ether oxygens (including phenoxy) is 2. The van der Waals surface area contributed by atoms with Gasteiger partial charge in [0.25, 0.3) is 0 Å². The standard InChI is InChI=1S/C23H17ClF3NO3/c24-17-7-5-16(6-8-17)15-30-22-4-2-1-3-20(22)21(29)13-14-28-18-9-11-19(12-10-18)31-23(25,26)27/h1-14,28H,15H2. The van der Waals surface area contributed by atoms with Gasteiger partial charge in [-0.05, 0) is 54.1 Å². The van der Waals surface area contributed by atoms with E-state index in [0.29, 0.717) is 22.0 Å². The lowest BCUT2D eigenvalue weighted by molar-refractivity contribution is -0.274. The van der Waals surface area contributed by atoms with Crippen molar-refractivity contribution in [2.75, 3.05) is 5.32 Å². The number of ketones is 1. The fraction of sp³-hybridized carbons (Fsp3) is 0.0870. The van der Waals surface area contributed by atoms with Gasteiger partial charge in [-0.2, -0.15) is 0 Å². The first kappa shape index (κ1) is 22.2. The van der Waals surface area contributed by atoms with E-state index in [1.807, 2.05) is 12.1 Å². The highest BCUT2D eigenvalue weighted by Crippen LogP contribution is 2.24. The average Bonchev–Trinajstić information content (AvgIpc) is 2.74. The molecule has 0 heterocycles. The van der Waals surface area contributed by atoms with E-state index in [2.05, 4.69) is 10.1 Å². The molecule has 8 heteroatoms. The molecule has 1 N–H and O–H groups in total. The van der Waals surface area contributed by atoms with Crippen LogP contribution in [0.1, 0.15) is 15.9 Å². The highest BCUT2D eigenvalue weighted by atomic mass is 35.5. The van der Waals surface area contributed by atoms with Gasteiger partial charge in [-0.3, -0.25) is 4.79 Å². The van der Waals surface area contributed by atoms with Gasteiger partial charge in [0, 0.05) is 23.0 Å². The van der Waals surface area contributed by atoms with Gasteiger partial charge in [-0.25, -0.2) is 0 Å². The summed E-state index contributed by atoms with van der Waals surface area (Å²) < 4.78 is 46.2.